The van der Waals surface area contributed by atoms with Crippen LogP contribution in [0.15, 0.2) is 40.2 Å². The summed E-state index contributed by atoms with van der Waals surface area (Å²) in [6.45, 7) is 8.33. The predicted molar refractivity (Wildman–Crippen MR) is 114 cm³/mol. The molecule has 0 amide bonds. The van der Waals surface area contributed by atoms with Crippen molar-refractivity contribution in [2.45, 2.75) is 70.1 Å². The van der Waals surface area contributed by atoms with Crippen LogP contribution < -0.4 is 0 Å². The van der Waals surface area contributed by atoms with Crippen LogP contribution in [0, 0.1) is 18.9 Å². The lowest BCUT2D eigenvalue weighted by molar-refractivity contribution is 0.496. The zero-order valence-electron chi connectivity index (χ0n) is 15.9. The lowest BCUT2D eigenvalue weighted by Crippen LogP contribution is -2.27. The Morgan fingerprint density at radius 3 is 2.42 bits per heavy atom. The Morgan fingerprint density at radius 2 is 1.81 bits per heavy atom. The van der Waals surface area contributed by atoms with Gasteiger partial charge in [-0.1, -0.05) is 72.3 Å². The SMILES string of the molecule is C=C(Br)CCCCN(C#CCCCCCC)S(=O)(=O)c1ccc(C)cc1. The summed E-state index contributed by atoms with van der Waals surface area (Å²) in [6.07, 6.45) is 7.74. The van der Waals surface area contributed by atoms with Crippen molar-refractivity contribution in [3.8, 4) is 12.0 Å². The maximum absolute atomic E-state index is 12.9. The monoisotopic (exact) mass is 439 g/mol. The molecular weight excluding hydrogens is 410 g/mol. The summed E-state index contributed by atoms with van der Waals surface area (Å²) in [5, 5.41) is 0. The molecule has 144 valence electrons. The number of halogens is 1. The molecule has 0 fully saturated rings. The zero-order chi connectivity index (χ0) is 19.4. The topological polar surface area (TPSA) is 37.4 Å². The summed E-state index contributed by atoms with van der Waals surface area (Å²) in [6, 6.07) is 9.84. The minimum atomic E-state index is -3.59. The van der Waals surface area contributed by atoms with Gasteiger partial charge in [-0.25, -0.2) is 12.7 Å². The van der Waals surface area contributed by atoms with Crippen LogP contribution >= 0.6 is 15.9 Å². The summed E-state index contributed by atoms with van der Waals surface area (Å²) in [5.74, 6) is 3.05. The van der Waals surface area contributed by atoms with Crippen molar-refractivity contribution >= 4 is 26.0 Å². The van der Waals surface area contributed by atoms with Crippen molar-refractivity contribution in [2.24, 2.45) is 0 Å². The Hall–Kier alpha value is -1.25. The fraction of sp³-hybridized carbons (Fsp3) is 0.524. The number of benzene rings is 1. The summed E-state index contributed by atoms with van der Waals surface area (Å²) < 4.78 is 28.1. The molecule has 0 aliphatic heterocycles. The fourth-order valence-electron chi connectivity index (χ4n) is 2.43. The number of hydrogen-bond donors (Lipinski definition) is 0. The van der Waals surface area contributed by atoms with E-state index in [1.54, 1.807) is 12.1 Å². The number of hydrogen-bond acceptors (Lipinski definition) is 2. The molecule has 0 spiro atoms. The smallest absolute Gasteiger partial charge is 0.224 e. The molecule has 3 nitrogen and oxygen atoms in total. The van der Waals surface area contributed by atoms with Gasteiger partial charge in [-0.3, -0.25) is 0 Å². The minimum Gasteiger partial charge on any atom is -0.224 e. The highest BCUT2D eigenvalue weighted by Crippen LogP contribution is 2.18. The molecule has 0 saturated carbocycles. The van der Waals surface area contributed by atoms with Crippen LogP contribution in [0.5, 0.6) is 0 Å². The highest BCUT2D eigenvalue weighted by molar-refractivity contribution is 9.11. The first-order chi connectivity index (χ1) is 12.4. The first-order valence-electron chi connectivity index (χ1n) is 9.29. The summed E-state index contributed by atoms with van der Waals surface area (Å²) in [4.78, 5) is 0.299. The fourth-order valence-corrected chi connectivity index (χ4v) is 4.00. The van der Waals surface area contributed by atoms with Gasteiger partial charge in [0.1, 0.15) is 0 Å². The van der Waals surface area contributed by atoms with Crippen molar-refractivity contribution in [1.82, 2.24) is 4.31 Å². The van der Waals surface area contributed by atoms with Gasteiger partial charge in [-0.05, 0) is 49.2 Å². The van der Waals surface area contributed by atoms with Crippen LogP contribution in [0.25, 0.3) is 0 Å². The van der Waals surface area contributed by atoms with Gasteiger partial charge in [0.05, 0.1) is 4.90 Å². The van der Waals surface area contributed by atoms with Crippen LogP contribution in [0.2, 0.25) is 0 Å². The van der Waals surface area contributed by atoms with Crippen molar-refractivity contribution in [2.75, 3.05) is 6.54 Å². The molecule has 0 atom stereocenters. The molecule has 0 heterocycles. The predicted octanol–water partition coefficient (Wildman–Crippen LogP) is 6.00. The number of aryl methyl sites for hydroxylation is 1. The molecule has 0 bridgehead atoms. The van der Waals surface area contributed by atoms with E-state index in [4.69, 9.17) is 0 Å². The highest BCUT2D eigenvalue weighted by Gasteiger charge is 2.21. The van der Waals surface area contributed by atoms with Gasteiger partial charge >= 0.3 is 0 Å². The van der Waals surface area contributed by atoms with Crippen molar-refractivity contribution < 1.29 is 8.42 Å². The molecule has 1 aromatic carbocycles. The number of allylic oxidation sites excluding steroid dienone is 1. The van der Waals surface area contributed by atoms with Crippen LogP contribution in [0.4, 0.5) is 0 Å². The second-order valence-electron chi connectivity index (χ2n) is 6.46. The van der Waals surface area contributed by atoms with Crippen molar-refractivity contribution in [3.05, 3.63) is 40.9 Å². The Morgan fingerprint density at radius 1 is 1.12 bits per heavy atom. The molecule has 0 N–H and O–H groups in total. The van der Waals surface area contributed by atoms with E-state index in [0.29, 0.717) is 11.4 Å². The molecule has 0 saturated heterocycles. The van der Waals surface area contributed by atoms with Gasteiger partial charge < -0.3 is 0 Å². The third kappa shape index (κ3) is 8.42. The first-order valence-corrected chi connectivity index (χ1v) is 11.5. The third-order valence-corrected chi connectivity index (χ3v) is 6.15. The van der Waals surface area contributed by atoms with E-state index in [2.05, 4.69) is 41.4 Å². The van der Waals surface area contributed by atoms with Crippen molar-refractivity contribution in [3.63, 3.8) is 0 Å². The van der Waals surface area contributed by atoms with Gasteiger partial charge in [0, 0.05) is 19.0 Å². The Labute approximate surface area is 168 Å². The van der Waals surface area contributed by atoms with E-state index in [1.807, 2.05) is 19.1 Å². The van der Waals surface area contributed by atoms with E-state index in [1.165, 1.54) is 17.1 Å². The van der Waals surface area contributed by atoms with Crippen LogP contribution in [-0.4, -0.2) is 19.3 Å². The van der Waals surface area contributed by atoms with Crippen LogP contribution in [-0.2, 0) is 10.0 Å². The van der Waals surface area contributed by atoms with E-state index >= 15 is 0 Å². The molecule has 0 unspecified atom stereocenters. The molecule has 0 aliphatic rings. The number of nitrogens with zero attached hydrogens (tertiary/aromatic N) is 1. The molecule has 0 radical (unpaired) electrons. The average Bonchev–Trinajstić information content (AvgIpc) is 2.59. The Bertz CT molecular complexity index is 715. The standard InChI is InChI=1S/C21H30BrNO2S/c1-4-5-6-7-8-10-17-23(18-11-9-12-20(3)22)26(24,25)21-15-13-19(2)14-16-21/h13-16H,3-9,11-12,18H2,1-2H3. The lowest BCUT2D eigenvalue weighted by atomic mass is 10.2. The van der Waals surface area contributed by atoms with Gasteiger partial charge in [0.2, 0.25) is 0 Å². The van der Waals surface area contributed by atoms with Gasteiger partial charge in [-0.15, -0.1) is 0 Å². The number of unbranched alkanes of at least 4 members (excludes halogenated alkanes) is 5. The Kier molecular flexibility index (Phi) is 10.7. The Balaban J connectivity index is 2.82. The largest absolute Gasteiger partial charge is 0.270 e. The maximum Gasteiger partial charge on any atom is 0.270 e. The highest BCUT2D eigenvalue weighted by atomic mass is 79.9. The maximum atomic E-state index is 12.9. The van der Waals surface area contributed by atoms with E-state index in [9.17, 15) is 8.42 Å². The molecular formula is C21H30BrNO2S. The normalized spacial score (nSPS) is 10.9. The summed E-state index contributed by atoms with van der Waals surface area (Å²) in [7, 11) is -3.59. The van der Waals surface area contributed by atoms with Gasteiger partial charge in [0.15, 0.2) is 0 Å². The van der Waals surface area contributed by atoms with E-state index in [-0.39, 0.29) is 0 Å². The summed E-state index contributed by atoms with van der Waals surface area (Å²) in [5.41, 5.74) is 1.04. The molecule has 1 rings (SSSR count). The van der Waals surface area contributed by atoms with Crippen molar-refractivity contribution in [1.29, 1.82) is 0 Å². The first kappa shape index (κ1) is 22.8. The van der Waals surface area contributed by atoms with E-state index in [0.717, 1.165) is 48.6 Å². The average molecular weight is 440 g/mol. The molecule has 5 heteroatoms. The molecule has 0 aromatic heterocycles. The number of rotatable bonds is 11. The van der Waals surface area contributed by atoms with E-state index < -0.39 is 10.0 Å². The molecule has 26 heavy (non-hydrogen) atoms. The van der Waals surface area contributed by atoms with Crippen LogP contribution in [0.3, 0.4) is 0 Å². The molecule has 1 aromatic rings. The quantitative estimate of drug-likeness (QED) is 0.241. The number of sulfonamides is 1. The summed E-state index contributed by atoms with van der Waals surface area (Å²) >= 11 is 3.34. The van der Waals surface area contributed by atoms with Gasteiger partial charge in [0.25, 0.3) is 10.0 Å². The lowest BCUT2D eigenvalue weighted by Gasteiger charge is -2.18. The van der Waals surface area contributed by atoms with Gasteiger partial charge in [-0.2, -0.15) is 0 Å². The second-order valence-corrected chi connectivity index (χ2v) is 9.45. The zero-order valence-corrected chi connectivity index (χ0v) is 18.3. The minimum absolute atomic E-state index is 0.299. The van der Waals surface area contributed by atoms with Crippen LogP contribution in [0.1, 0.15) is 63.9 Å². The molecule has 0 aliphatic carbocycles. The third-order valence-electron chi connectivity index (χ3n) is 4.03. The second kappa shape index (κ2) is 12.2.